The summed E-state index contributed by atoms with van der Waals surface area (Å²) in [4.78, 5) is 49.0. The molecule has 2 N–H and O–H groups in total. The number of pyridine rings is 1. The fourth-order valence-corrected chi connectivity index (χ4v) is 5.39. The second-order valence-electron chi connectivity index (χ2n) is 8.84. The molecule has 0 bridgehead atoms. The van der Waals surface area contributed by atoms with Gasteiger partial charge in [-0.25, -0.2) is 9.78 Å². The van der Waals surface area contributed by atoms with Crippen LogP contribution in [0.1, 0.15) is 21.5 Å². The third-order valence-electron chi connectivity index (χ3n) is 6.68. The van der Waals surface area contributed by atoms with Gasteiger partial charge < -0.3 is 15.0 Å². The zero-order valence-electron chi connectivity index (χ0n) is 19.7. The van der Waals surface area contributed by atoms with E-state index >= 15 is 0 Å². The van der Waals surface area contributed by atoms with Gasteiger partial charge in [0.15, 0.2) is 5.54 Å². The van der Waals surface area contributed by atoms with Gasteiger partial charge in [0.25, 0.3) is 11.8 Å². The van der Waals surface area contributed by atoms with E-state index in [9.17, 15) is 14.4 Å². The van der Waals surface area contributed by atoms with E-state index in [4.69, 9.17) is 4.74 Å². The number of benzene rings is 2. The number of aromatic nitrogens is 2. The first-order valence-electron chi connectivity index (χ1n) is 11.5. The molecular formula is C27H21N5O4S. The molecule has 6 rings (SSSR count). The molecule has 0 aliphatic carbocycles. The van der Waals surface area contributed by atoms with Crippen LogP contribution in [-0.2, 0) is 16.9 Å². The molecule has 4 amide bonds. The highest BCUT2D eigenvalue weighted by atomic mass is 32.1. The molecule has 0 radical (unpaired) electrons. The minimum atomic E-state index is -1.42. The molecule has 0 unspecified atom stereocenters. The number of rotatable bonds is 6. The summed E-state index contributed by atoms with van der Waals surface area (Å²) in [6.07, 6.45) is 3.53. The lowest BCUT2D eigenvalue weighted by Gasteiger charge is -2.31. The molecule has 4 heterocycles. The predicted octanol–water partition coefficient (Wildman–Crippen LogP) is 3.57. The number of ether oxygens (including phenoxy) is 1. The Labute approximate surface area is 216 Å². The molecule has 2 aromatic heterocycles. The normalized spacial score (nSPS) is 18.5. The van der Waals surface area contributed by atoms with E-state index in [0.29, 0.717) is 23.4 Å². The summed E-state index contributed by atoms with van der Waals surface area (Å²) in [5, 5.41) is 7.93. The van der Waals surface area contributed by atoms with Crippen molar-refractivity contribution in [2.45, 2.75) is 12.1 Å². The van der Waals surface area contributed by atoms with E-state index in [1.165, 1.54) is 0 Å². The quantitative estimate of drug-likeness (QED) is 0.383. The first-order valence-corrected chi connectivity index (χ1v) is 12.4. The largest absolute Gasteiger partial charge is 0.497 e. The predicted molar refractivity (Wildman–Crippen MR) is 137 cm³/mol. The Morgan fingerprint density at radius 3 is 2.49 bits per heavy atom. The van der Waals surface area contributed by atoms with Crippen molar-refractivity contribution in [3.63, 3.8) is 0 Å². The molecule has 9 nitrogen and oxygen atoms in total. The molecule has 0 saturated carbocycles. The minimum Gasteiger partial charge on any atom is -0.497 e. The van der Waals surface area contributed by atoms with Crippen molar-refractivity contribution in [2.24, 2.45) is 0 Å². The van der Waals surface area contributed by atoms with E-state index in [1.807, 2.05) is 35.7 Å². The van der Waals surface area contributed by atoms with Crippen LogP contribution < -0.4 is 15.4 Å². The zero-order chi connectivity index (χ0) is 25.6. The Kier molecular flexibility index (Phi) is 5.45. The van der Waals surface area contributed by atoms with E-state index < -0.39 is 17.5 Å². The van der Waals surface area contributed by atoms with Gasteiger partial charge in [-0.2, -0.15) is 0 Å². The molecule has 2 aliphatic heterocycles. The number of hydrogen-bond acceptors (Lipinski definition) is 7. The Bertz CT molecular complexity index is 1520. The highest BCUT2D eigenvalue weighted by Gasteiger charge is 2.50. The lowest BCUT2D eigenvalue weighted by Crippen LogP contribution is -2.52. The molecule has 1 atom stereocenters. The maximum Gasteiger partial charge on any atom is 0.322 e. The Hall–Kier alpha value is -4.57. The van der Waals surface area contributed by atoms with Crippen molar-refractivity contribution >= 4 is 29.2 Å². The Balaban J connectivity index is 1.28. The third kappa shape index (κ3) is 3.91. The van der Waals surface area contributed by atoms with E-state index in [1.54, 1.807) is 60.0 Å². The monoisotopic (exact) mass is 511 g/mol. The van der Waals surface area contributed by atoms with Crippen LogP contribution in [-0.4, -0.2) is 46.4 Å². The van der Waals surface area contributed by atoms with Crippen molar-refractivity contribution < 1.29 is 19.1 Å². The molecule has 184 valence electrons. The summed E-state index contributed by atoms with van der Waals surface area (Å²) in [7, 11) is 1.54. The van der Waals surface area contributed by atoms with Gasteiger partial charge in [0.05, 0.1) is 19.3 Å². The van der Waals surface area contributed by atoms with Gasteiger partial charge >= 0.3 is 6.03 Å². The van der Waals surface area contributed by atoms with E-state index in [0.717, 1.165) is 27.4 Å². The number of thiazole rings is 1. The zero-order valence-corrected chi connectivity index (χ0v) is 20.5. The summed E-state index contributed by atoms with van der Waals surface area (Å²) in [5.74, 6) is -0.139. The van der Waals surface area contributed by atoms with E-state index in [-0.39, 0.29) is 12.5 Å². The fraction of sp³-hybridized carbons (Fsp3) is 0.148. The molecule has 10 heteroatoms. The van der Waals surface area contributed by atoms with Crippen molar-refractivity contribution in [2.75, 3.05) is 13.7 Å². The highest BCUT2D eigenvalue weighted by molar-refractivity contribution is 7.13. The summed E-state index contributed by atoms with van der Waals surface area (Å²) >= 11 is 1.55. The first-order chi connectivity index (χ1) is 18.0. The van der Waals surface area contributed by atoms with Crippen molar-refractivity contribution in [1.82, 2.24) is 25.5 Å². The molecule has 2 aromatic carbocycles. The number of carbonyl (C=O) groups is 3. The number of methoxy groups -OCH3 is 1. The summed E-state index contributed by atoms with van der Waals surface area (Å²) in [6.45, 7) is 0.316. The number of nitrogens with one attached hydrogen (secondary N) is 2. The second-order valence-corrected chi connectivity index (χ2v) is 9.74. The molecule has 1 saturated heterocycles. The molecule has 37 heavy (non-hydrogen) atoms. The summed E-state index contributed by atoms with van der Waals surface area (Å²) in [5.41, 5.74) is 3.08. The van der Waals surface area contributed by atoms with Crippen LogP contribution in [0.3, 0.4) is 0 Å². The topological polar surface area (TPSA) is 114 Å². The lowest BCUT2D eigenvalue weighted by molar-refractivity contribution is -0.124. The Morgan fingerprint density at radius 1 is 1.03 bits per heavy atom. The maximum absolute atomic E-state index is 13.2. The van der Waals surface area contributed by atoms with Crippen LogP contribution in [0.15, 0.2) is 72.4 Å². The van der Waals surface area contributed by atoms with Crippen LogP contribution in [0.25, 0.3) is 21.8 Å². The third-order valence-corrected chi connectivity index (χ3v) is 7.50. The van der Waals surface area contributed by atoms with Gasteiger partial charge in [0, 0.05) is 41.0 Å². The molecular weight excluding hydrogens is 490 g/mol. The number of nitrogens with zero attached hydrogens (tertiary/aromatic N) is 3. The fourth-order valence-electron chi connectivity index (χ4n) is 4.76. The van der Waals surface area contributed by atoms with Gasteiger partial charge in [-0.1, -0.05) is 30.3 Å². The standard InChI is InChI=1S/C27H21N5O4S/c1-36-20-8-4-18-14-32(24(33)21(18)12-20)15-27(25(34)30-26(35)31-27)19-6-2-16(3-7-19)22-9-5-17(13-29-22)23-28-10-11-37-23/h2-13H,14-15H2,1H3,(H2,30,31,34,35)/t27-/m1/s1. The average molecular weight is 512 g/mol. The van der Waals surface area contributed by atoms with Gasteiger partial charge in [-0.15, -0.1) is 11.3 Å². The van der Waals surface area contributed by atoms with Crippen LogP contribution in [0, 0.1) is 0 Å². The van der Waals surface area contributed by atoms with Crippen LogP contribution in [0.2, 0.25) is 0 Å². The SMILES string of the molecule is COc1ccc2c(c1)C(=O)N(C[C@]1(c3ccc(-c4ccc(-c5nccs5)cn4)cc3)NC(=O)NC1=O)C2. The van der Waals surface area contributed by atoms with E-state index in [2.05, 4.69) is 20.6 Å². The van der Waals surface area contributed by atoms with Crippen LogP contribution in [0.4, 0.5) is 4.79 Å². The highest BCUT2D eigenvalue weighted by Crippen LogP contribution is 2.33. The van der Waals surface area contributed by atoms with Gasteiger partial charge in [-0.3, -0.25) is 19.9 Å². The number of amides is 4. The number of fused-ring (bicyclic) bond motifs is 1. The molecule has 2 aliphatic rings. The lowest BCUT2D eigenvalue weighted by atomic mass is 9.88. The first kappa shape index (κ1) is 22.9. The van der Waals surface area contributed by atoms with Crippen LogP contribution in [0.5, 0.6) is 5.75 Å². The van der Waals surface area contributed by atoms with Gasteiger partial charge in [-0.05, 0) is 35.4 Å². The number of imide groups is 1. The molecule has 1 fully saturated rings. The maximum atomic E-state index is 13.2. The number of urea groups is 1. The van der Waals surface area contributed by atoms with Crippen molar-refractivity contribution in [3.8, 4) is 27.6 Å². The van der Waals surface area contributed by atoms with Gasteiger partial charge in [0.2, 0.25) is 0 Å². The van der Waals surface area contributed by atoms with Crippen LogP contribution >= 0.6 is 11.3 Å². The van der Waals surface area contributed by atoms with Crippen molar-refractivity contribution in [3.05, 3.63) is 89.1 Å². The smallest absolute Gasteiger partial charge is 0.322 e. The molecule has 0 spiro atoms. The Morgan fingerprint density at radius 2 is 1.84 bits per heavy atom. The number of hydrogen-bond donors (Lipinski definition) is 2. The number of carbonyl (C=O) groups excluding carboxylic acids is 3. The average Bonchev–Trinajstić information content (AvgIpc) is 3.63. The van der Waals surface area contributed by atoms with Gasteiger partial charge in [0.1, 0.15) is 10.8 Å². The molecule has 4 aromatic rings. The summed E-state index contributed by atoms with van der Waals surface area (Å²) in [6, 6.07) is 15.9. The summed E-state index contributed by atoms with van der Waals surface area (Å²) < 4.78 is 5.25. The van der Waals surface area contributed by atoms with Crippen molar-refractivity contribution in [1.29, 1.82) is 0 Å². The second kappa shape index (κ2) is 8.82. The minimum absolute atomic E-state index is 0.0134.